The lowest BCUT2D eigenvalue weighted by molar-refractivity contribution is -0.131. The molecule has 0 saturated heterocycles. The number of nitrogens with one attached hydrogen (secondary N) is 2. The lowest BCUT2D eigenvalue weighted by Crippen LogP contribution is -2.33. The number of ether oxygens (including phenoxy) is 1. The van der Waals surface area contributed by atoms with Crippen molar-refractivity contribution in [3.05, 3.63) is 23.7 Å². The van der Waals surface area contributed by atoms with Gasteiger partial charge in [0, 0.05) is 13.7 Å². The molecule has 1 heterocycles. The van der Waals surface area contributed by atoms with E-state index in [1.54, 1.807) is 19.1 Å². The number of carbonyl (C=O) groups excluding carboxylic acids is 2. The molecule has 1 rings (SSSR count). The summed E-state index contributed by atoms with van der Waals surface area (Å²) >= 11 is 0. The van der Waals surface area contributed by atoms with Gasteiger partial charge in [-0.2, -0.15) is 0 Å². The Balaban J connectivity index is 2.46. The van der Waals surface area contributed by atoms with E-state index in [9.17, 15) is 9.59 Å². The molecule has 0 saturated carbocycles. The van der Waals surface area contributed by atoms with Crippen LogP contribution in [-0.4, -0.2) is 31.6 Å². The average Bonchev–Trinajstić information content (AvgIpc) is 2.84. The smallest absolute Gasteiger partial charge is 0.286 e. The van der Waals surface area contributed by atoms with Crippen molar-refractivity contribution in [2.75, 3.05) is 13.7 Å². The summed E-state index contributed by atoms with van der Waals surface area (Å²) in [5, 5.41) is 5.12. The Kier molecular flexibility index (Phi) is 5.38. The van der Waals surface area contributed by atoms with Gasteiger partial charge in [-0.05, 0) is 26.0 Å². The predicted molar refractivity (Wildman–Crippen MR) is 65.0 cm³/mol. The van der Waals surface area contributed by atoms with E-state index in [-0.39, 0.29) is 24.1 Å². The highest BCUT2D eigenvalue weighted by Crippen LogP contribution is 2.07. The topological polar surface area (TPSA) is 80.6 Å². The lowest BCUT2D eigenvalue weighted by Gasteiger charge is -2.10. The summed E-state index contributed by atoms with van der Waals surface area (Å²) in [6.07, 6.45) is -0.497. The molecule has 1 aromatic rings. The monoisotopic (exact) mass is 254 g/mol. The molecular weight excluding hydrogens is 236 g/mol. The normalized spacial score (nSPS) is 11.9. The van der Waals surface area contributed by atoms with Crippen molar-refractivity contribution in [3.8, 4) is 0 Å². The molecular formula is C12H18N2O4. The van der Waals surface area contributed by atoms with Gasteiger partial charge in [-0.15, -0.1) is 0 Å². The second-order valence-electron chi connectivity index (χ2n) is 3.66. The van der Waals surface area contributed by atoms with E-state index >= 15 is 0 Å². The number of furan rings is 1. The van der Waals surface area contributed by atoms with Crippen LogP contribution in [0.4, 0.5) is 0 Å². The summed E-state index contributed by atoms with van der Waals surface area (Å²) < 4.78 is 10.4. The Morgan fingerprint density at radius 2 is 2.17 bits per heavy atom. The van der Waals surface area contributed by atoms with E-state index in [1.165, 1.54) is 7.05 Å². The van der Waals surface area contributed by atoms with Crippen LogP contribution in [0, 0.1) is 0 Å². The SMILES string of the molecule is CCO[C@@H](C)C(=O)NCc1ccc(C(=O)NC)o1. The van der Waals surface area contributed by atoms with Crippen LogP contribution in [-0.2, 0) is 16.1 Å². The van der Waals surface area contributed by atoms with Crippen LogP contribution < -0.4 is 10.6 Å². The number of amides is 2. The predicted octanol–water partition coefficient (Wildman–Crippen LogP) is 0.680. The fourth-order valence-electron chi connectivity index (χ4n) is 1.36. The minimum atomic E-state index is -0.497. The molecule has 0 aliphatic heterocycles. The molecule has 0 fully saturated rings. The average molecular weight is 254 g/mol. The second kappa shape index (κ2) is 6.80. The van der Waals surface area contributed by atoms with Crippen molar-refractivity contribution in [2.24, 2.45) is 0 Å². The van der Waals surface area contributed by atoms with Crippen LogP contribution in [0.25, 0.3) is 0 Å². The summed E-state index contributed by atoms with van der Waals surface area (Å²) in [7, 11) is 1.52. The third-order valence-electron chi connectivity index (χ3n) is 2.34. The minimum Gasteiger partial charge on any atom is -0.454 e. The number of carbonyl (C=O) groups is 2. The Bertz CT molecular complexity index is 414. The van der Waals surface area contributed by atoms with Crippen molar-refractivity contribution < 1.29 is 18.7 Å². The van der Waals surface area contributed by atoms with E-state index in [2.05, 4.69) is 10.6 Å². The first-order chi connectivity index (χ1) is 8.58. The maximum atomic E-state index is 11.5. The van der Waals surface area contributed by atoms with Crippen molar-refractivity contribution >= 4 is 11.8 Å². The van der Waals surface area contributed by atoms with E-state index in [0.29, 0.717) is 12.4 Å². The molecule has 0 aliphatic carbocycles. The first-order valence-electron chi connectivity index (χ1n) is 5.78. The number of hydrogen-bond donors (Lipinski definition) is 2. The molecule has 0 spiro atoms. The van der Waals surface area contributed by atoms with Gasteiger partial charge < -0.3 is 19.8 Å². The van der Waals surface area contributed by atoms with Crippen molar-refractivity contribution in [1.29, 1.82) is 0 Å². The number of hydrogen-bond acceptors (Lipinski definition) is 4. The zero-order chi connectivity index (χ0) is 13.5. The molecule has 2 N–H and O–H groups in total. The van der Waals surface area contributed by atoms with Crippen molar-refractivity contribution in [3.63, 3.8) is 0 Å². The van der Waals surface area contributed by atoms with Crippen LogP contribution in [0.3, 0.4) is 0 Å². The van der Waals surface area contributed by atoms with E-state index in [0.717, 1.165) is 0 Å². The fraction of sp³-hybridized carbons (Fsp3) is 0.500. The van der Waals surface area contributed by atoms with Gasteiger partial charge in [0.2, 0.25) is 5.91 Å². The molecule has 0 unspecified atom stereocenters. The van der Waals surface area contributed by atoms with Crippen LogP contribution in [0.5, 0.6) is 0 Å². The van der Waals surface area contributed by atoms with Gasteiger partial charge in [-0.3, -0.25) is 9.59 Å². The Morgan fingerprint density at radius 3 is 2.78 bits per heavy atom. The summed E-state index contributed by atoms with van der Waals surface area (Å²) in [4.78, 5) is 22.8. The Hall–Kier alpha value is -1.82. The van der Waals surface area contributed by atoms with Crippen LogP contribution in [0.1, 0.15) is 30.2 Å². The summed E-state index contributed by atoms with van der Waals surface area (Å²) in [6, 6.07) is 3.21. The van der Waals surface area contributed by atoms with Gasteiger partial charge >= 0.3 is 0 Å². The van der Waals surface area contributed by atoms with E-state index in [1.807, 2.05) is 6.92 Å². The van der Waals surface area contributed by atoms with Crippen LogP contribution in [0.2, 0.25) is 0 Å². The molecule has 100 valence electrons. The van der Waals surface area contributed by atoms with Gasteiger partial charge in [-0.1, -0.05) is 0 Å². The van der Waals surface area contributed by atoms with E-state index in [4.69, 9.17) is 9.15 Å². The second-order valence-corrected chi connectivity index (χ2v) is 3.66. The molecule has 0 aliphatic rings. The van der Waals surface area contributed by atoms with Crippen molar-refractivity contribution in [2.45, 2.75) is 26.5 Å². The maximum Gasteiger partial charge on any atom is 0.286 e. The third kappa shape index (κ3) is 3.89. The summed E-state index contributed by atoms with van der Waals surface area (Å²) in [6.45, 7) is 4.21. The highest BCUT2D eigenvalue weighted by Gasteiger charge is 2.13. The Labute approximate surface area is 106 Å². The molecule has 6 heteroatoms. The molecule has 0 radical (unpaired) electrons. The minimum absolute atomic E-state index is 0.213. The highest BCUT2D eigenvalue weighted by molar-refractivity contribution is 5.91. The largest absolute Gasteiger partial charge is 0.454 e. The molecule has 18 heavy (non-hydrogen) atoms. The fourth-order valence-corrected chi connectivity index (χ4v) is 1.36. The van der Waals surface area contributed by atoms with Gasteiger partial charge in [0.05, 0.1) is 6.54 Å². The Morgan fingerprint density at radius 1 is 1.44 bits per heavy atom. The molecule has 1 atom stereocenters. The van der Waals surface area contributed by atoms with Crippen molar-refractivity contribution in [1.82, 2.24) is 10.6 Å². The highest BCUT2D eigenvalue weighted by atomic mass is 16.5. The molecule has 1 aromatic heterocycles. The quantitative estimate of drug-likeness (QED) is 0.782. The summed E-state index contributed by atoms with van der Waals surface area (Å²) in [5.74, 6) is 0.232. The van der Waals surface area contributed by atoms with E-state index < -0.39 is 6.10 Å². The first kappa shape index (κ1) is 14.2. The maximum absolute atomic E-state index is 11.5. The molecule has 6 nitrogen and oxygen atoms in total. The zero-order valence-corrected chi connectivity index (χ0v) is 10.8. The third-order valence-corrected chi connectivity index (χ3v) is 2.34. The standard InChI is InChI=1S/C12H18N2O4/c1-4-17-8(2)11(15)14-7-9-5-6-10(18-9)12(16)13-3/h5-6,8H,4,7H2,1-3H3,(H,13,16)(H,14,15)/t8-/m0/s1. The lowest BCUT2D eigenvalue weighted by atomic mass is 10.3. The van der Waals surface area contributed by atoms with Gasteiger partial charge in [0.15, 0.2) is 5.76 Å². The number of rotatable bonds is 6. The van der Waals surface area contributed by atoms with Gasteiger partial charge in [0.1, 0.15) is 11.9 Å². The molecule has 0 bridgehead atoms. The molecule has 2 amide bonds. The first-order valence-corrected chi connectivity index (χ1v) is 5.78. The van der Waals surface area contributed by atoms with Gasteiger partial charge in [-0.25, -0.2) is 0 Å². The molecule has 0 aromatic carbocycles. The van der Waals surface area contributed by atoms with Crippen LogP contribution in [0.15, 0.2) is 16.5 Å². The van der Waals surface area contributed by atoms with Crippen LogP contribution >= 0.6 is 0 Å². The zero-order valence-electron chi connectivity index (χ0n) is 10.8. The summed E-state index contributed by atoms with van der Waals surface area (Å²) in [5.41, 5.74) is 0. The van der Waals surface area contributed by atoms with Gasteiger partial charge in [0.25, 0.3) is 5.91 Å².